The summed E-state index contributed by atoms with van der Waals surface area (Å²) in [4.78, 5) is 11.8. The summed E-state index contributed by atoms with van der Waals surface area (Å²) in [6, 6.07) is 18.0. The average molecular weight is 295 g/mol. The first-order chi connectivity index (χ1) is 10.8. The maximum Gasteiger partial charge on any atom is 0.223 e. The van der Waals surface area contributed by atoms with E-state index in [9.17, 15) is 4.79 Å². The van der Waals surface area contributed by atoms with Crippen LogP contribution in [0.5, 0.6) is 5.75 Å². The van der Waals surface area contributed by atoms with Gasteiger partial charge in [-0.2, -0.15) is 0 Å². The van der Waals surface area contributed by atoms with E-state index in [1.54, 1.807) is 0 Å². The molecule has 3 nitrogen and oxygen atoms in total. The highest BCUT2D eigenvalue weighted by Crippen LogP contribution is 2.26. The monoisotopic (exact) mass is 295 g/mol. The Morgan fingerprint density at radius 3 is 2.36 bits per heavy atom. The fourth-order valence-corrected chi connectivity index (χ4v) is 2.45. The predicted molar refractivity (Wildman–Crippen MR) is 86.4 cm³/mol. The Hall–Kier alpha value is -2.29. The molecule has 114 valence electrons. The zero-order chi connectivity index (χ0) is 15.2. The number of hydrogen-bond donors (Lipinski definition) is 1. The number of benzene rings is 2. The predicted octanol–water partition coefficient (Wildman–Crippen LogP) is 3.68. The van der Waals surface area contributed by atoms with Gasteiger partial charge < -0.3 is 10.1 Å². The van der Waals surface area contributed by atoms with Crippen molar-refractivity contribution in [1.82, 2.24) is 5.32 Å². The SMILES string of the molecule is O=C(NCc1ccc(OCc2ccccc2)cc1)C1CCC1. The van der Waals surface area contributed by atoms with Gasteiger partial charge in [-0.1, -0.05) is 48.9 Å². The molecule has 1 aliphatic rings. The number of carbonyl (C=O) groups excluding carboxylic acids is 1. The second kappa shape index (κ2) is 7.12. The van der Waals surface area contributed by atoms with Gasteiger partial charge in [0.2, 0.25) is 5.91 Å². The second-order valence-electron chi connectivity index (χ2n) is 5.76. The lowest BCUT2D eigenvalue weighted by molar-refractivity contribution is -0.127. The molecule has 0 atom stereocenters. The molecular formula is C19H21NO2. The molecule has 2 aromatic rings. The van der Waals surface area contributed by atoms with Crippen LogP contribution in [0.4, 0.5) is 0 Å². The molecule has 0 radical (unpaired) electrons. The van der Waals surface area contributed by atoms with Crippen LogP contribution in [-0.4, -0.2) is 5.91 Å². The molecule has 1 saturated carbocycles. The number of carbonyl (C=O) groups is 1. The highest BCUT2D eigenvalue weighted by atomic mass is 16.5. The van der Waals surface area contributed by atoms with Gasteiger partial charge in [0.05, 0.1) is 0 Å². The Labute approximate surface area is 131 Å². The van der Waals surface area contributed by atoms with Crippen LogP contribution in [0.3, 0.4) is 0 Å². The van der Waals surface area contributed by atoms with E-state index in [2.05, 4.69) is 5.32 Å². The highest BCUT2D eigenvalue weighted by molar-refractivity contribution is 5.79. The molecule has 1 amide bonds. The summed E-state index contributed by atoms with van der Waals surface area (Å²) in [5.74, 6) is 1.28. The van der Waals surface area contributed by atoms with Crippen LogP contribution in [-0.2, 0) is 17.9 Å². The van der Waals surface area contributed by atoms with E-state index in [1.165, 1.54) is 6.42 Å². The number of nitrogens with one attached hydrogen (secondary N) is 1. The molecule has 0 unspecified atom stereocenters. The first kappa shape index (κ1) is 14.6. The lowest BCUT2D eigenvalue weighted by Crippen LogP contribution is -2.33. The zero-order valence-electron chi connectivity index (χ0n) is 12.6. The van der Waals surface area contributed by atoms with Gasteiger partial charge in [-0.15, -0.1) is 0 Å². The van der Waals surface area contributed by atoms with E-state index in [4.69, 9.17) is 4.74 Å². The van der Waals surface area contributed by atoms with Crippen molar-refractivity contribution in [1.29, 1.82) is 0 Å². The fourth-order valence-electron chi connectivity index (χ4n) is 2.45. The summed E-state index contributed by atoms with van der Waals surface area (Å²) in [5.41, 5.74) is 2.25. The van der Waals surface area contributed by atoms with Crippen molar-refractivity contribution in [3.05, 3.63) is 65.7 Å². The first-order valence-corrected chi connectivity index (χ1v) is 7.84. The van der Waals surface area contributed by atoms with Gasteiger partial charge in [-0.25, -0.2) is 0 Å². The highest BCUT2D eigenvalue weighted by Gasteiger charge is 2.24. The van der Waals surface area contributed by atoms with E-state index in [0.29, 0.717) is 13.2 Å². The number of hydrogen-bond acceptors (Lipinski definition) is 2. The van der Waals surface area contributed by atoms with Crippen LogP contribution in [0.1, 0.15) is 30.4 Å². The lowest BCUT2D eigenvalue weighted by atomic mass is 9.85. The maximum absolute atomic E-state index is 11.8. The molecule has 1 N–H and O–H groups in total. The van der Waals surface area contributed by atoms with Crippen molar-refractivity contribution < 1.29 is 9.53 Å². The van der Waals surface area contributed by atoms with Gasteiger partial charge in [0.15, 0.2) is 0 Å². The molecule has 1 fully saturated rings. The summed E-state index contributed by atoms with van der Waals surface area (Å²) >= 11 is 0. The maximum atomic E-state index is 11.8. The second-order valence-corrected chi connectivity index (χ2v) is 5.76. The van der Waals surface area contributed by atoms with Gasteiger partial charge in [0, 0.05) is 12.5 Å². The van der Waals surface area contributed by atoms with E-state index < -0.39 is 0 Å². The van der Waals surface area contributed by atoms with Gasteiger partial charge in [-0.05, 0) is 36.1 Å². The van der Waals surface area contributed by atoms with Crippen LogP contribution in [0, 0.1) is 5.92 Å². The topological polar surface area (TPSA) is 38.3 Å². The third-order valence-corrected chi connectivity index (χ3v) is 4.11. The van der Waals surface area contributed by atoms with Gasteiger partial charge >= 0.3 is 0 Å². The Bertz CT molecular complexity index is 603. The van der Waals surface area contributed by atoms with Gasteiger partial charge in [-0.3, -0.25) is 4.79 Å². The average Bonchev–Trinajstić information content (AvgIpc) is 2.51. The van der Waals surface area contributed by atoms with E-state index in [0.717, 1.165) is 29.7 Å². The quantitative estimate of drug-likeness (QED) is 0.883. The van der Waals surface area contributed by atoms with Crippen molar-refractivity contribution in [3.63, 3.8) is 0 Å². The summed E-state index contributed by atoms with van der Waals surface area (Å²) in [5, 5.41) is 3.00. The molecule has 3 rings (SSSR count). The molecular weight excluding hydrogens is 274 g/mol. The zero-order valence-corrected chi connectivity index (χ0v) is 12.6. The molecule has 1 aliphatic carbocycles. The molecule has 22 heavy (non-hydrogen) atoms. The van der Waals surface area contributed by atoms with Crippen LogP contribution in [0.2, 0.25) is 0 Å². The Kier molecular flexibility index (Phi) is 4.74. The molecule has 0 saturated heterocycles. The van der Waals surface area contributed by atoms with Gasteiger partial charge in [0.25, 0.3) is 0 Å². The van der Waals surface area contributed by atoms with Crippen molar-refractivity contribution >= 4 is 5.91 Å². The molecule has 2 aromatic carbocycles. The van der Waals surface area contributed by atoms with Gasteiger partial charge in [0.1, 0.15) is 12.4 Å². The standard InChI is InChI=1S/C19H21NO2/c21-19(17-7-4-8-17)20-13-15-9-11-18(12-10-15)22-14-16-5-2-1-3-6-16/h1-3,5-6,9-12,17H,4,7-8,13-14H2,(H,20,21). The summed E-state index contributed by atoms with van der Waals surface area (Å²) in [6.45, 7) is 1.16. The minimum atomic E-state index is 0.190. The normalized spacial score (nSPS) is 14.2. The Morgan fingerprint density at radius 2 is 1.73 bits per heavy atom. The molecule has 3 heteroatoms. The first-order valence-electron chi connectivity index (χ1n) is 7.84. The van der Waals surface area contributed by atoms with E-state index >= 15 is 0 Å². The minimum absolute atomic E-state index is 0.190. The molecule has 0 aromatic heterocycles. The van der Waals surface area contributed by atoms with Crippen LogP contribution >= 0.6 is 0 Å². The van der Waals surface area contributed by atoms with Crippen LogP contribution in [0.15, 0.2) is 54.6 Å². The molecule has 0 aliphatic heterocycles. The summed E-state index contributed by atoms with van der Waals surface area (Å²) < 4.78 is 5.75. The third kappa shape index (κ3) is 3.88. The van der Waals surface area contributed by atoms with Crippen LogP contribution < -0.4 is 10.1 Å². The van der Waals surface area contributed by atoms with Crippen molar-refractivity contribution in [2.75, 3.05) is 0 Å². The minimum Gasteiger partial charge on any atom is -0.489 e. The number of amides is 1. The fraction of sp³-hybridized carbons (Fsp3) is 0.316. The summed E-state index contributed by atoms with van der Waals surface area (Å²) in [7, 11) is 0. The lowest BCUT2D eigenvalue weighted by Gasteiger charge is -2.24. The Balaban J connectivity index is 1.46. The molecule has 0 spiro atoms. The smallest absolute Gasteiger partial charge is 0.223 e. The molecule has 0 heterocycles. The molecule has 0 bridgehead atoms. The number of rotatable bonds is 6. The number of ether oxygens (including phenoxy) is 1. The largest absolute Gasteiger partial charge is 0.489 e. The van der Waals surface area contributed by atoms with E-state index in [1.807, 2.05) is 54.6 Å². The van der Waals surface area contributed by atoms with Crippen molar-refractivity contribution in [2.45, 2.75) is 32.4 Å². The van der Waals surface area contributed by atoms with Crippen molar-refractivity contribution in [2.24, 2.45) is 5.92 Å². The Morgan fingerprint density at radius 1 is 1.00 bits per heavy atom. The van der Waals surface area contributed by atoms with Crippen molar-refractivity contribution in [3.8, 4) is 5.75 Å². The van der Waals surface area contributed by atoms with Crippen LogP contribution in [0.25, 0.3) is 0 Å². The van der Waals surface area contributed by atoms with E-state index in [-0.39, 0.29) is 11.8 Å². The third-order valence-electron chi connectivity index (χ3n) is 4.11. The summed E-state index contributed by atoms with van der Waals surface area (Å²) in [6.07, 6.45) is 3.27.